The van der Waals surface area contributed by atoms with Crippen molar-refractivity contribution in [3.63, 3.8) is 0 Å². The SMILES string of the molecule is Cc1cc(C)cc(NC(=O)CSc2nnc3ccc(-c4cccs4)nn23)c1. The second-order valence-corrected chi connectivity index (χ2v) is 8.05. The monoisotopic (exact) mass is 395 g/mol. The van der Waals surface area contributed by atoms with Crippen molar-refractivity contribution >= 4 is 40.3 Å². The lowest BCUT2D eigenvalue weighted by Gasteiger charge is -2.07. The van der Waals surface area contributed by atoms with E-state index >= 15 is 0 Å². The van der Waals surface area contributed by atoms with E-state index in [0.29, 0.717) is 10.8 Å². The van der Waals surface area contributed by atoms with Gasteiger partial charge in [-0.15, -0.1) is 21.5 Å². The lowest BCUT2D eigenvalue weighted by atomic mass is 10.1. The summed E-state index contributed by atoms with van der Waals surface area (Å²) in [5.74, 6) is 0.148. The standard InChI is InChI=1S/C19H17N5OS2/c1-12-8-13(2)10-14(9-12)20-18(25)11-27-19-22-21-17-6-5-15(23-24(17)19)16-4-3-7-26-16/h3-10H,11H2,1-2H3,(H,20,25). The van der Waals surface area contributed by atoms with E-state index in [-0.39, 0.29) is 11.7 Å². The number of hydrogen-bond donors (Lipinski definition) is 1. The third-order valence-electron chi connectivity index (χ3n) is 3.85. The molecule has 0 unspecified atom stereocenters. The molecule has 0 atom stereocenters. The molecule has 27 heavy (non-hydrogen) atoms. The van der Waals surface area contributed by atoms with E-state index in [2.05, 4.69) is 26.7 Å². The molecule has 1 amide bonds. The Balaban J connectivity index is 1.48. The van der Waals surface area contributed by atoms with Gasteiger partial charge in [0.05, 0.1) is 10.6 Å². The molecule has 6 nitrogen and oxygen atoms in total. The first-order valence-corrected chi connectivity index (χ1v) is 10.2. The van der Waals surface area contributed by atoms with Crippen LogP contribution in [-0.4, -0.2) is 31.5 Å². The van der Waals surface area contributed by atoms with Crippen molar-refractivity contribution in [1.82, 2.24) is 19.8 Å². The molecule has 4 rings (SSSR count). The van der Waals surface area contributed by atoms with Gasteiger partial charge in [-0.25, -0.2) is 0 Å². The molecule has 0 saturated heterocycles. The molecule has 0 spiro atoms. The first-order valence-electron chi connectivity index (χ1n) is 8.36. The van der Waals surface area contributed by atoms with E-state index in [1.807, 2.05) is 55.6 Å². The Hall–Kier alpha value is -2.71. The van der Waals surface area contributed by atoms with Crippen LogP contribution in [0.2, 0.25) is 0 Å². The summed E-state index contributed by atoms with van der Waals surface area (Å²) in [6, 6.07) is 13.8. The van der Waals surface area contributed by atoms with Crippen LogP contribution in [0, 0.1) is 13.8 Å². The molecule has 0 radical (unpaired) electrons. The molecule has 0 aliphatic carbocycles. The van der Waals surface area contributed by atoms with Crippen LogP contribution in [0.1, 0.15) is 11.1 Å². The van der Waals surface area contributed by atoms with Gasteiger partial charge in [-0.05, 0) is 60.7 Å². The van der Waals surface area contributed by atoms with Gasteiger partial charge in [0.1, 0.15) is 5.69 Å². The predicted octanol–water partition coefficient (Wildman–Crippen LogP) is 4.20. The van der Waals surface area contributed by atoms with E-state index in [1.54, 1.807) is 15.9 Å². The fourth-order valence-corrected chi connectivity index (χ4v) is 4.17. The number of benzene rings is 1. The van der Waals surface area contributed by atoms with E-state index < -0.39 is 0 Å². The smallest absolute Gasteiger partial charge is 0.234 e. The summed E-state index contributed by atoms with van der Waals surface area (Å²) >= 11 is 2.94. The van der Waals surface area contributed by atoms with Crippen LogP contribution in [0.3, 0.4) is 0 Å². The van der Waals surface area contributed by atoms with E-state index in [9.17, 15) is 4.79 Å². The minimum Gasteiger partial charge on any atom is -0.325 e. The zero-order valence-electron chi connectivity index (χ0n) is 14.8. The molecule has 0 saturated carbocycles. The summed E-state index contributed by atoms with van der Waals surface area (Å²) in [6.45, 7) is 4.02. The topological polar surface area (TPSA) is 72.2 Å². The van der Waals surface area contributed by atoms with E-state index in [1.165, 1.54) is 11.8 Å². The minimum atomic E-state index is -0.0869. The number of nitrogens with zero attached hydrogens (tertiary/aromatic N) is 4. The fourth-order valence-electron chi connectivity index (χ4n) is 2.79. The third kappa shape index (κ3) is 4.01. The zero-order chi connectivity index (χ0) is 18.8. The summed E-state index contributed by atoms with van der Waals surface area (Å²) in [7, 11) is 0. The number of carbonyl (C=O) groups is 1. The van der Waals surface area contributed by atoms with Crippen molar-refractivity contribution in [3.05, 3.63) is 59.0 Å². The van der Waals surface area contributed by atoms with Crippen molar-refractivity contribution in [1.29, 1.82) is 0 Å². The van der Waals surface area contributed by atoms with Crippen molar-refractivity contribution in [3.8, 4) is 10.6 Å². The quantitative estimate of drug-likeness (QED) is 0.513. The Bertz CT molecular complexity index is 1080. The average Bonchev–Trinajstić information content (AvgIpc) is 3.28. The lowest BCUT2D eigenvalue weighted by molar-refractivity contribution is -0.113. The Morgan fingerprint density at radius 1 is 1.15 bits per heavy atom. The summed E-state index contributed by atoms with van der Waals surface area (Å²) in [4.78, 5) is 13.4. The molecule has 3 heterocycles. The largest absolute Gasteiger partial charge is 0.325 e. The van der Waals surface area contributed by atoms with Gasteiger partial charge in [-0.1, -0.05) is 23.9 Å². The second kappa shape index (κ2) is 7.50. The summed E-state index contributed by atoms with van der Waals surface area (Å²) in [5.41, 5.74) is 4.56. The van der Waals surface area contributed by atoms with Gasteiger partial charge in [-0.3, -0.25) is 4.79 Å². The molecule has 1 aromatic carbocycles. The van der Waals surface area contributed by atoms with Crippen LogP contribution in [0.4, 0.5) is 5.69 Å². The van der Waals surface area contributed by atoms with Crippen LogP contribution in [-0.2, 0) is 4.79 Å². The van der Waals surface area contributed by atoms with Gasteiger partial charge >= 0.3 is 0 Å². The van der Waals surface area contributed by atoms with Gasteiger partial charge in [0, 0.05) is 5.69 Å². The number of hydrogen-bond acceptors (Lipinski definition) is 6. The lowest BCUT2D eigenvalue weighted by Crippen LogP contribution is -2.14. The number of fused-ring (bicyclic) bond motifs is 1. The molecule has 0 aliphatic heterocycles. The fraction of sp³-hybridized carbons (Fsp3) is 0.158. The summed E-state index contributed by atoms with van der Waals surface area (Å²) < 4.78 is 1.68. The number of amides is 1. The molecule has 0 aliphatic rings. The average molecular weight is 396 g/mol. The zero-order valence-corrected chi connectivity index (χ0v) is 16.5. The first-order chi connectivity index (χ1) is 13.1. The molecular formula is C19H17N5OS2. The second-order valence-electron chi connectivity index (χ2n) is 6.16. The number of thioether (sulfide) groups is 1. The van der Waals surface area contributed by atoms with Crippen molar-refractivity contribution < 1.29 is 4.79 Å². The number of nitrogens with one attached hydrogen (secondary N) is 1. The van der Waals surface area contributed by atoms with Gasteiger partial charge in [-0.2, -0.15) is 9.61 Å². The van der Waals surface area contributed by atoms with E-state index in [0.717, 1.165) is 27.4 Å². The normalized spacial score (nSPS) is 11.0. The molecule has 3 aromatic heterocycles. The number of aryl methyl sites for hydroxylation is 2. The van der Waals surface area contributed by atoms with Crippen LogP contribution >= 0.6 is 23.1 Å². The minimum absolute atomic E-state index is 0.0869. The maximum absolute atomic E-state index is 12.3. The Labute approximate surface area is 164 Å². The highest BCUT2D eigenvalue weighted by Gasteiger charge is 2.12. The van der Waals surface area contributed by atoms with Gasteiger partial charge in [0.2, 0.25) is 11.1 Å². The highest BCUT2D eigenvalue weighted by molar-refractivity contribution is 7.99. The summed E-state index contributed by atoms with van der Waals surface area (Å²) in [5, 5.41) is 18.4. The molecule has 8 heteroatoms. The molecule has 136 valence electrons. The van der Waals surface area contributed by atoms with Crippen molar-refractivity contribution in [2.45, 2.75) is 19.0 Å². The van der Waals surface area contributed by atoms with Gasteiger partial charge in [0.25, 0.3) is 0 Å². The molecular weight excluding hydrogens is 378 g/mol. The number of thiophene rings is 1. The number of carbonyl (C=O) groups excluding carboxylic acids is 1. The van der Waals surface area contributed by atoms with Crippen LogP contribution < -0.4 is 5.32 Å². The van der Waals surface area contributed by atoms with Gasteiger partial charge < -0.3 is 5.32 Å². The van der Waals surface area contributed by atoms with Crippen LogP contribution in [0.5, 0.6) is 0 Å². The number of anilines is 1. The first kappa shape index (κ1) is 17.7. The van der Waals surface area contributed by atoms with Gasteiger partial charge in [0.15, 0.2) is 5.65 Å². The third-order valence-corrected chi connectivity index (χ3v) is 5.66. The maximum Gasteiger partial charge on any atom is 0.234 e. The Kier molecular flexibility index (Phi) is 4.91. The predicted molar refractivity (Wildman–Crippen MR) is 109 cm³/mol. The Morgan fingerprint density at radius 3 is 2.70 bits per heavy atom. The molecule has 0 bridgehead atoms. The molecule has 1 N–H and O–H groups in total. The van der Waals surface area contributed by atoms with Crippen LogP contribution in [0.25, 0.3) is 16.2 Å². The molecule has 4 aromatic rings. The number of rotatable bonds is 5. The van der Waals surface area contributed by atoms with Crippen molar-refractivity contribution in [2.75, 3.05) is 11.1 Å². The van der Waals surface area contributed by atoms with Crippen LogP contribution in [0.15, 0.2) is 53.0 Å². The number of aromatic nitrogens is 4. The summed E-state index contributed by atoms with van der Waals surface area (Å²) in [6.07, 6.45) is 0. The van der Waals surface area contributed by atoms with E-state index in [4.69, 9.17) is 0 Å². The highest BCUT2D eigenvalue weighted by Crippen LogP contribution is 2.24. The molecule has 0 fully saturated rings. The Morgan fingerprint density at radius 2 is 1.96 bits per heavy atom. The highest BCUT2D eigenvalue weighted by atomic mass is 32.2. The van der Waals surface area contributed by atoms with Crippen molar-refractivity contribution in [2.24, 2.45) is 0 Å². The maximum atomic E-state index is 12.3.